The van der Waals surface area contributed by atoms with Crippen molar-refractivity contribution in [2.24, 2.45) is 0 Å². The second-order valence-corrected chi connectivity index (χ2v) is 2.70. The Kier molecular flexibility index (Phi) is 6.11. The first-order chi connectivity index (χ1) is 6.65. The molecule has 0 spiro atoms. The summed E-state index contributed by atoms with van der Waals surface area (Å²) in [7, 11) is 0. The fraction of sp³-hybridized carbons (Fsp3) is 0.400. The van der Waals surface area contributed by atoms with Gasteiger partial charge in [-0.15, -0.1) is 0 Å². The van der Waals surface area contributed by atoms with Crippen molar-refractivity contribution in [2.75, 3.05) is 6.61 Å². The Labute approximate surface area is 83.3 Å². The second-order valence-electron chi connectivity index (χ2n) is 2.70. The molecule has 0 aliphatic rings. The zero-order chi connectivity index (χ0) is 11.0. The molecule has 4 nitrogen and oxygen atoms in total. The van der Waals surface area contributed by atoms with E-state index in [1.54, 1.807) is 6.92 Å². The van der Waals surface area contributed by atoms with E-state index < -0.39 is 0 Å². The van der Waals surface area contributed by atoms with Crippen molar-refractivity contribution in [1.29, 1.82) is 0 Å². The molecule has 0 aromatic carbocycles. The number of aromatic amines is 1. The summed E-state index contributed by atoms with van der Waals surface area (Å²) in [6, 6.07) is 1.84. The molecule has 0 bridgehead atoms. The van der Waals surface area contributed by atoms with Gasteiger partial charge in [-0.2, -0.15) is 0 Å². The Hall–Kier alpha value is -1.58. The zero-order valence-corrected chi connectivity index (χ0v) is 8.66. The van der Waals surface area contributed by atoms with E-state index in [1.165, 1.54) is 0 Å². The first kappa shape index (κ1) is 12.4. The van der Waals surface area contributed by atoms with E-state index in [1.807, 2.05) is 19.9 Å². The number of nitrogens with one attached hydrogen (secondary N) is 1. The van der Waals surface area contributed by atoms with Crippen molar-refractivity contribution < 1.29 is 14.3 Å². The van der Waals surface area contributed by atoms with Gasteiger partial charge >= 0.3 is 0 Å². The third-order valence-electron chi connectivity index (χ3n) is 1.66. The van der Waals surface area contributed by atoms with Gasteiger partial charge < -0.3 is 9.72 Å². The minimum atomic E-state index is 0.431. The SMILES string of the molecule is CCOC=O.Cc1cc(C=O)[nH]c1C. The van der Waals surface area contributed by atoms with Gasteiger partial charge in [0.2, 0.25) is 0 Å². The summed E-state index contributed by atoms with van der Waals surface area (Å²) in [5, 5.41) is 0. The number of aldehydes is 1. The van der Waals surface area contributed by atoms with E-state index >= 15 is 0 Å². The van der Waals surface area contributed by atoms with Gasteiger partial charge in [0.1, 0.15) is 0 Å². The average molecular weight is 197 g/mol. The molecule has 1 aromatic heterocycles. The lowest BCUT2D eigenvalue weighted by Gasteiger charge is -1.82. The summed E-state index contributed by atoms with van der Waals surface area (Å²) in [6.45, 7) is 6.58. The summed E-state index contributed by atoms with van der Waals surface area (Å²) in [6.07, 6.45) is 0.819. The average Bonchev–Trinajstić information content (AvgIpc) is 2.49. The molecular formula is C10H15NO3. The molecule has 78 valence electrons. The standard InChI is InChI=1S/C7H9NO.C3H6O2/c1-5-3-7(4-9)8-6(5)2;1-2-5-3-4/h3-4,8H,1-2H3;3H,2H2,1H3. The molecule has 0 aliphatic heterocycles. The summed E-state index contributed by atoms with van der Waals surface area (Å²) in [4.78, 5) is 22.2. The van der Waals surface area contributed by atoms with Crippen LogP contribution in [0.2, 0.25) is 0 Å². The van der Waals surface area contributed by atoms with Crippen LogP contribution in [0.1, 0.15) is 28.7 Å². The van der Waals surface area contributed by atoms with Crippen LogP contribution in [0.4, 0.5) is 0 Å². The van der Waals surface area contributed by atoms with Crippen molar-refractivity contribution in [3.05, 3.63) is 23.0 Å². The van der Waals surface area contributed by atoms with Crippen molar-refractivity contribution in [3.63, 3.8) is 0 Å². The van der Waals surface area contributed by atoms with Crippen molar-refractivity contribution in [3.8, 4) is 0 Å². The van der Waals surface area contributed by atoms with Gasteiger partial charge in [-0.1, -0.05) is 0 Å². The molecular weight excluding hydrogens is 182 g/mol. The van der Waals surface area contributed by atoms with E-state index in [9.17, 15) is 9.59 Å². The van der Waals surface area contributed by atoms with Gasteiger partial charge in [0.05, 0.1) is 12.3 Å². The maximum Gasteiger partial charge on any atom is 0.293 e. The van der Waals surface area contributed by atoms with E-state index in [2.05, 4.69) is 9.72 Å². The first-order valence-electron chi connectivity index (χ1n) is 4.32. The summed E-state index contributed by atoms with van der Waals surface area (Å²) in [5.41, 5.74) is 2.86. The highest BCUT2D eigenvalue weighted by atomic mass is 16.5. The van der Waals surface area contributed by atoms with Crippen LogP contribution in [0.25, 0.3) is 0 Å². The summed E-state index contributed by atoms with van der Waals surface area (Å²) < 4.78 is 4.15. The lowest BCUT2D eigenvalue weighted by Crippen LogP contribution is -1.80. The topological polar surface area (TPSA) is 59.2 Å². The van der Waals surface area contributed by atoms with E-state index in [-0.39, 0.29) is 0 Å². The number of hydrogen-bond donors (Lipinski definition) is 1. The number of H-pyrrole nitrogens is 1. The van der Waals surface area contributed by atoms with Crippen LogP contribution in [0.15, 0.2) is 6.07 Å². The van der Waals surface area contributed by atoms with Crippen LogP contribution in [0, 0.1) is 13.8 Å². The molecule has 0 saturated carbocycles. The van der Waals surface area contributed by atoms with Gasteiger partial charge in [-0.05, 0) is 32.4 Å². The highest BCUT2D eigenvalue weighted by molar-refractivity contribution is 5.72. The number of aryl methyl sites for hydroxylation is 2. The third kappa shape index (κ3) is 4.45. The predicted molar refractivity (Wildman–Crippen MR) is 53.3 cm³/mol. The van der Waals surface area contributed by atoms with E-state index in [4.69, 9.17) is 0 Å². The highest BCUT2D eigenvalue weighted by Gasteiger charge is 1.95. The Morgan fingerprint density at radius 2 is 2.07 bits per heavy atom. The molecule has 1 rings (SSSR count). The smallest absolute Gasteiger partial charge is 0.293 e. The number of rotatable bonds is 3. The Balaban J connectivity index is 0.000000292. The number of hydrogen-bond acceptors (Lipinski definition) is 3. The molecule has 1 aromatic rings. The quantitative estimate of drug-likeness (QED) is 0.749. The lowest BCUT2D eigenvalue weighted by molar-refractivity contribution is -0.128. The molecule has 0 radical (unpaired) electrons. The van der Waals surface area contributed by atoms with Crippen molar-refractivity contribution in [2.45, 2.75) is 20.8 Å². The van der Waals surface area contributed by atoms with Gasteiger partial charge in [0.25, 0.3) is 6.47 Å². The third-order valence-corrected chi connectivity index (χ3v) is 1.66. The molecule has 1 heterocycles. The predicted octanol–water partition coefficient (Wildman–Crippen LogP) is 1.62. The van der Waals surface area contributed by atoms with Crippen LogP contribution >= 0.6 is 0 Å². The van der Waals surface area contributed by atoms with Crippen molar-refractivity contribution >= 4 is 12.8 Å². The maximum atomic E-state index is 10.1. The van der Waals surface area contributed by atoms with Gasteiger partial charge in [0, 0.05) is 5.69 Å². The van der Waals surface area contributed by atoms with Gasteiger partial charge in [-0.3, -0.25) is 9.59 Å². The first-order valence-corrected chi connectivity index (χ1v) is 4.32. The fourth-order valence-electron chi connectivity index (χ4n) is 0.824. The lowest BCUT2D eigenvalue weighted by atomic mass is 10.3. The maximum absolute atomic E-state index is 10.1. The van der Waals surface area contributed by atoms with Crippen LogP contribution in [0.5, 0.6) is 0 Å². The van der Waals surface area contributed by atoms with E-state index in [0.29, 0.717) is 18.8 Å². The highest BCUT2D eigenvalue weighted by Crippen LogP contribution is 2.05. The van der Waals surface area contributed by atoms with Crippen LogP contribution in [-0.4, -0.2) is 24.3 Å². The van der Waals surface area contributed by atoms with Crippen LogP contribution in [-0.2, 0) is 9.53 Å². The van der Waals surface area contributed by atoms with Crippen LogP contribution < -0.4 is 0 Å². The van der Waals surface area contributed by atoms with Crippen LogP contribution in [0.3, 0.4) is 0 Å². The molecule has 1 N–H and O–H groups in total. The molecule has 0 fully saturated rings. The summed E-state index contributed by atoms with van der Waals surface area (Å²) in [5.74, 6) is 0. The zero-order valence-electron chi connectivity index (χ0n) is 8.66. The number of carbonyl (C=O) groups excluding carboxylic acids is 2. The molecule has 14 heavy (non-hydrogen) atoms. The molecule has 0 aliphatic carbocycles. The van der Waals surface area contributed by atoms with E-state index in [0.717, 1.165) is 17.5 Å². The Morgan fingerprint density at radius 3 is 2.21 bits per heavy atom. The van der Waals surface area contributed by atoms with Gasteiger partial charge in [0.15, 0.2) is 6.29 Å². The molecule has 0 amide bonds. The molecule has 0 unspecified atom stereocenters. The fourth-order valence-corrected chi connectivity index (χ4v) is 0.824. The van der Waals surface area contributed by atoms with Gasteiger partial charge in [-0.25, -0.2) is 0 Å². The monoisotopic (exact) mass is 197 g/mol. The second kappa shape index (κ2) is 6.88. The normalized spacial score (nSPS) is 8.50. The van der Waals surface area contributed by atoms with Crippen molar-refractivity contribution in [1.82, 2.24) is 4.98 Å². The minimum absolute atomic E-state index is 0.431. The Bertz CT molecular complexity index is 272. The molecule has 0 saturated heterocycles. The number of ether oxygens (including phenoxy) is 1. The minimum Gasteiger partial charge on any atom is -0.468 e. The molecule has 4 heteroatoms. The molecule has 0 atom stereocenters. The number of aromatic nitrogens is 1. The largest absolute Gasteiger partial charge is 0.468 e. The Morgan fingerprint density at radius 1 is 1.43 bits per heavy atom. The number of carbonyl (C=O) groups is 2. The summed E-state index contributed by atoms with van der Waals surface area (Å²) >= 11 is 0.